The topological polar surface area (TPSA) is 79.3 Å². The number of carboxylic acids is 1. The molecular formula is C11H18N2O5. The Bertz CT molecular complexity index is 317. The highest BCUT2D eigenvalue weighted by Gasteiger charge is 2.28. The number of carboxylic acid groups (broad SMARTS) is 1. The van der Waals surface area contributed by atoms with Crippen LogP contribution in [0.5, 0.6) is 0 Å². The van der Waals surface area contributed by atoms with Gasteiger partial charge in [-0.2, -0.15) is 0 Å². The van der Waals surface area contributed by atoms with Gasteiger partial charge in [0.15, 0.2) is 6.10 Å². The predicted molar refractivity (Wildman–Crippen MR) is 61.2 cm³/mol. The van der Waals surface area contributed by atoms with Gasteiger partial charge in [0.2, 0.25) is 5.91 Å². The summed E-state index contributed by atoms with van der Waals surface area (Å²) in [6.45, 7) is 3.86. The summed E-state index contributed by atoms with van der Waals surface area (Å²) in [4.78, 5) is 26.4. The van der Waals surface area contributed by atoms with Gasteiger partial charge in [-0.25, -0.2) is 4.79 Å². The van der Waals surface area contributed by atoms with E-state index in [1.54, 1.807) is 4.90 Å². The van der Waals surface area contributed by atoms with Gasteiger partial charge in [-0.3, -0.25) is 9.69 Å². The van der Waals surface area contributed by atoms with E-state index in [1.807, 2.05) is 4.90 Å². The number of carbonyl (C=O) groups excluding carboxylic acids is 1. The molecule has 0 saturated carbocycles. The lowest BCUT2D eigenvalue weighted by Crippen LogP contribution is -2.51. The zero-order valence-electron chi connectivity index (χ0n) is 10.2. The molecule has 2 aliphatic rings. The third kappa shape index (κ3) is 3.41. The molecule has 1 N–H and O–H groups in total. The van der Waals surface area contributed by atoms with E-state index in [1.165, 1.54) is 0 Å². The molecule has 7 heteroatoms. The molecule has 0 aliphatic carbocycles. The molecule has 0 spiro atoms. The lowest BCUT2D eigenvalue weighted by atomic mass is 10.2. The van der Waals surface area contributed by atoms with Crippen LogP contribution in [0, 0.1) is 0 Å². The zero-order chi connectivity index (χ0) is 13.0. The van der Waals surface area contributed by atoms with E-state index >= 15 is 0 Å². The molecule has 1 atom stereocenters. The summed E-state index contributed by atoms with van der Waals surface area (Å²) < 4.78 is 10.3. The smallest absolute Gasteiger partial charge is 0.334 e. The van der Waals surface area contributed by atoms with Gasteiger partial charge in [0, 0.05) is 26.2 Å². The van der Waals surface area contributed by atoms with Crippen LogP contribution < -0.4 is 0 Å². The second kappa shape index (κ2) is 6.12. The van der Waals surface area contributed by atoms with E-state index in [4.69, 9.17) is 14.6 Å². The normalized spacial score (nSPS) is 26.0. The summed E-state index contributed by atoms with van der Waals surface area (Å²) in [6.07, 6.45) is -0.823. The first-order valence-corrected chi connectivity index (χ1v) is 6.09. The lowest BCUT2D eigenvalue weighted by Gasteiger charge is -2.33. The summed E-state index contributed by atoms with van der Waals surface area (Å²) >= 11 is 0. The van der Waals surface area contributed by atoms with Crippen molar-refractivity contribution in [3.63, 3.8) is 0 Å². The molecular weight excluding hydrogens is 240 g/mol. The fourth-order valence-corrected chi connectivity index (χ4v) is 2.10. The monoisotopic (exact) mass is 258 g/mol. The van der Waals surface area contributed by atoms with Crippen LogP contribution >= 0.6 is 0 Å². The Morgan fingerprint density at radius 3 is 2.56 bits per heavy atom. The van der Waals surface area contributed by atoms with Gasteiger partial charge < -0.3 is 19.5 Å². The summed E-state index contributed by atoms with van der Waals surface area (Å²) in [7, 11) is 0. The number of morpholine rings is 2. The van der Waals surface area contributed by atoms with Crippen molar-refractivity contribution in [3.8, 4) is 0 Å². The minimum Gasteiger partial charge on any atom is -0.479 e. The van der Waals surface area contributed by atoms with E-state index in [2.05, 4.69) is 0 Å². The van der Waals surface area contributed by atoms with Crippen molar-refractivity contribution in [1.82, 2.24) is 9.80 Å². The fraction of sp³-hybridized carbons (Fsp3) is 0.818. The largest absolute Gasteiger partial charge is 0.479 e. The number of amides is 1. The van der Waals surface area contributed by atoms with Gasteiger partial charge in [-0.15, -0.1) is 0 Å². The third-order valence-electron chi connectivity index (χ3n) is 3.15. The molecule has 1 amide bonds. The Kier molecular flexibility index (Phi) is 4.51. The second-order valence-corrected chi connectivity index (χ2v) is 4.43. The zero-order valence-corrected chi connectivity index (χ0v) is 10.2. The van der Waals surface area contributed by atoms with Crippen LogP contribution in [0.25, 0.3) is 0 Å². The first-order valence-electron chi connectivity index (χ1n) is 6.09. The first kappa shape index (κ1) is 13.3. The highest BCUT2D eigenvalue weighted by molar-refractivity contribution is 5.78. The average molecular weight is 258 g/mol. The molecule has 2 aliphatic heterocycles. The van der Waals surface area contributed by atoms with Crippen molar-refractivity contribution < 1.29 is 24.2 Å². The molecule has 1 unspecified atom stereocenters. The van der Waals surface area contributed by atoms with Gasteiger partial charge in [0.1, 0.15) is 0 Å². The number of hydrogen-bond donors (Lipinski definition) is 1. The Morgan fingerprint density at radius 2 is 1.89 bits per heavy atom. The van der Waals surface area contributed by atoms with Crippen molar-refractivity contribution in [2.75, 3.05) is 52.5 Å². The number of carbonyl (C=O) groups is 2. The van der Waals surface area contributed by atoms with Crippen LogP contribution in [-0.4, -0.2) is 85.4 Å². The molecule has 18 heavy (non-hydrogen) atoms. The number of ether oxygens (including phenoxy) is 2. The van der Waals surface area contributed by atoms with Crippen molar-refractivity contribution in [2.24, 2.45) is 0 Å². The number of rotatable bonds is 3. The maximum atomic E-state index is 12.0. The second-order valence-electron chi connectivity index (χ2n) is 4.43. The fourth-order valence-electron chi connectivity index (χ4n) is 2.10. The van der Waals surface area contributed by atoms with Crippen LogP contribution in [-0.2, 0) is 19.1 Å². The molecule has 2 fully saturated rings. The standard InChI is InChI=1S/C11H18N2O5/c14-10(13-2-4-17-5-3-13)8-12-1-6-18-9(7-12)11(15)16/h9H,1-8H2,(H,15,16). The van der Waals surface area contributed by atoms with Crippen molar-refractivity contribution in [3.05, 3.63) is 0 Å². The Hall–Kier alpha value is -1.18. The predicted octanol–water partition coefficient (Wildman–Crippen LogP) is -1.37. The van der Waals surface area contributed by atoms with E-state index in [0.29, 0.717) is 39.5 Å². The van der Waals surface area contributed by atoms with Gasteiger partial charge in [0.25, 0.3) is 0 Å². The molecule has 2 rings (SSSR count). The Balaban J connectivity index is 1.81. The van der Waals surface area contributed by atoms with Gasteiger partial charge in [0.05, 0.1) is 26.4 Å². The minimum absolute atomic E-state index is 0.0318. The third-order valence-corrected chi connectivity index (χ3v) is 3.15. The average Bonchev–Trinajstić information content (AvgIpc) is 2.40. The van der Waals surface area contributed by atoms with E-state index in [0.717, 1.165) is 0 Å². The van der Waals surface area contributed by atoms with E-state index in [-0.39, 0.29) is 19.0 Å². The van der Waals surface area contributed by atoms with E-state index in [9.17, 15) is 9.59 Å². The number of aliphatic carboxylic acids is 1. The highest BCUT2D eigenvalue weighted by Crippen LogP contribution is 2.07. The quantitative estimate of drug-likeness (QED) is 0.673. The molecule has 102 valence electrons. The van der Waals surface area contributed by atoms with Crippen molar-refractivity contribution in [2.45, 2.75) is 6.10 Å². The number of hydrogen-bond acceptors (Lipinski definition) is 5. The SMILES string of the molecule is O=C(O)C1CN(CC(=O)N2CCOCC2)CCO1. The molecule has 0 bridgehead atoms. The van der Waals surface area contributed by atoms with Crippen LogP contribution in [0.4, 0.5) is 0 Å². The molecule has 2 heterocycles. The molecule has 7 nitrogen and oxygen atoms in total. The molecule has 0 aromatic rings. The molecule has 0 aromatic carbocycles. The van der Waals surface area contributed by atoms with Gasteiger partial charge >= 0.3 is 5.97 Å². The first-order chi connectivity index (χ1) is 8.66. The van der Waals surface area contributed by atoms with Crippen LogP contribution in [0.1, 0.15) is 0 Å². The lowest BCUT2D eigenvalue weighted by molar-refractivity contribution is -0.157. The number of nitrogens with zero attached hydrogens (tertiary/aromatic N) is 2. The van der Waals surface area contributed by atoms with Crippen molar-refractivity contribution >= 4 is 11.9 Å². The maximum absolute atomic E-state index is 12.0. The van der Waals surface area contributed by atoms with Gasteiger partial charge in [-0.1, -0.05) is 0 Å². The highest BCUT2D eigenvalue weighted by atomic mass is 16.5. The van der Waals surface area contributed by atoms with Gasteiger partial charge in [-0.05, 0) is 0 Å². The minimum atomic E-state index is -0.974. The summed E-state index contributed by atoms with van der Waals surface area (Å²) in [5.74, 6) is -0.942. The van der Waals surface area contributed by atoms with E-state index < -0.39 is 12.1 Å². The Labute approximate surface area is 105 Å². The molecule has 2 saturated heterocycles. The van der Waals surface area contributed by atoms with Crippen molar-refractivity contribution in [1.29, 1.82) is 0 Å². The molecule has 0 radical (unpaired) electrons. The van der Waals surface area contributed by atoms with Crippen LogP contribution in [0.15, 0.2) is 0 Å². The summed E-state index contributed by atoms with van der Waals surface area (Å²) in [5, 5.41) is 8.88. The van der Waals surface area contributed by atoms with Crippen LogP contribution in [0.2, 0.25) is 0 Å². The summed E-state index contributed by atoms with van der Waals surface area (Å²) in [6, 6.07) is 0. The Morgan fingerprint density at radius 1 is 1.17 bits per heavy atom. The molecule has 0 aromatic heterocycles. The van der Waals surface area contributed by atoms with Crippen LogP contribution in [0.3, 0.4) is 0 Å². The maximum Gasteiger partial charge on any atom is 0.334 e. The summed E-state index contributed by atoms with van der Waals surface area (Å²) in [5.41, 5.74) is 0.